The van der Waals surface area contributed by atoms with E-state index in [0.717, 1.165) is 66.8 Å². The van der Waals surface area contributed by atoms with Crippen LogP contribution in [0.3, 0.4) is 0 Å². The molecule has 176 valence electrons. The molecule has 4 heterocycles. The van der Waals surface area contributed by atoms with E-state index in [1.54, 1.807) is 4.68 Å². The number of amides is 1. The predicted molar refractivity (Wildman–Crippen MR) is 129 cm³/mol. The van der Waals surface area contributed by atoms with Crippen LogP contribution >= 0.6 is 0 Å². The van der Waals surface area contributed by atoms with Gasteiger partial charge < -0.3 is 14.5 Å². The lowest BCUT2D eigenvalue weighted by molar-refractivity contribution is 0.0312. The van der Waals surface area contributed by atoms with E-state index in [4.69, 9.17) is 19.2 Å². The summed E-state index contributed by atoms with van der Waals surface area (Å²) in [6.07, 6.45) is 0. The van der Waals surface area contributed by atoms with Gasteiger partial charge in [0.2, 0.25) is 0 Å². The van der Waals surface area contributed by atoms with E-state index in [1.165, 1.54) is 5.56 Å². The molecule has 0 atom stereocenters. The number of ether oxygens (including phenoxy) is 1. The van der Waals surface area contributed by atoms with Gasteiger partial charge in [-0.2, -0.15) is 5.10 Å². The van der Waals surface area contributed by atoms with Gasteiger partial charge >= 0.3 is 0 Å². The number of benzene rings is 1. The number of aryl methyl sites for hydroxylation is 3. The molecule has 1 fully saturated rings. The molecular formula is C26H29N5O3. The summed E-state index contributed by atoms with van der Waals surface area (Å²) in [6, 6.07) is 13.8. The number of pyridine rings is 1. The number of nitrogens with one attached hydrogen (secondary N) is 1. The zero-order valence-electron chi connectivity index (χ0n) is 19.8. The largest absolute Gasteiger partial charge is 0.463 e. The Kier molecular flexibility index (Phi) is 6.17. The zero-order chi connectivity index (χ0) is 23.7. The molecule has 0 saturated carbocycles. The third kappa shape index (κ3) is 4.60. The number of morpholine rings is 1. The van der Waals surface area contributed by atoms with E-state index in [9.17, 15) is 4.79 Å². The maximum atomic E-state index is 13.2. The van der Waals surface area contributed by atoms with Crippen molar-refractivity contribution in [3.63, 3.8) is 0 Å². The smallest absolute Gasteiger partial charge is 0.252 e. The number of fused-ring (bicyclic) bond motifs is 1. The van der Waals surface area contributed by atoms with Crippen LogP contribution < -0.4 is 5.32 Å². The molecule has 3 aromatic heterocycles. The van der Waals surface area contributed by atoms with Gasteiger partial charge in [0.25, 0.3) is 5.91 Å². The van der Waals surface area contributed by atoms with Crippen LogP contribution in [0, 0.1) is 20.8 Å². The van der Waals surface area contributed by atoms with Gasteiger partial charge in [-0.25, -0.2) is 9.67 Å². The fraction of sp³-hybridized carbons (Fsp3) is 0.346. The molecule has 0 aliphatic carbocycles. The van der Waals surface area contributed by atoms with Gasteiger partial charge in [-0.05, 0) is 51.1 Å². The highest BCUT2D eigenvalue weighted by atomic mass is 16.5. The molecule has 34 heavy (non-hydrogen) atoms. The average molecular weight is 460 g/mol. The molecule has 0 radical (unpaired) electrons. The monoisotopic (exact) mass is 459 g/mol. The number of carbonyl (C=O) groups is 1. The van der Waals surface area contributed by atoms with E-state index in [1.807, 2.05) is 63.2 Å². The summed E-state index contributed by atoms with van der Waals surface area (Å²) >= 11 is 0. The number of rotatable bonds is 6. The van der Waals surface area contributed by atoms with Crippen LogP contribution in [0.25, 0.3) is 16.7 Å². The maximum absolute atomic E-state index is 13.2. The van der Waals surface area contributed by atoms with Gasteiger partial charge in [0.1, 0.15) is 11.5 Å². The SMILES string of the molecule is Cc1ccc(-n2nc(C)c3c(C(=O)NCc4ccc(CN5CCOCC5)o4)cc(C)nc32)cc1. The Balaban J connectivity index is 1.35. The summed E-state index contributed by atoms with van der Waals surface area (Å²) in [5, 5.41) is 8.46. The van der Waals surface area contributed by atoms with Crippen LogP contribution in [0.4, 0.5) is 0 Å². The van der Waals surface area contributed by atoms with Crippen molar-refractivity contribution in [3.05, 3.63) is 76.5 Å². The molecule has 5 rings (SSSR count). The highest BCUT2D eigenvalue weighted by Gasteiger charge is 2.20. The summed E-state index contributed by atoms with van der Waals surface area (Å²) in [7, 11) is 0. The second-order valence-corrected chi connectivity index (χ2v) is 8.78. The molecule has 4 aromatic rings. The van der Waals surface area contributed by atoms with Crippen LogP contribution in [-0.2, 0) is 17.8 Å². The van der Waals surface area contributed by atoms with Gasteiger partial charge in [0.15, 0.2) is 5.65 Å². The normalized spacial score (nSPS) is 14.6. The Hall–Kier alpha value is -3.49. The second-order valence-electron chi connectivity index (χ2n) is 8.78. The van der Waals surface area contributed by atoms with Crippen LogP contribution in [0.15, 0.2) is 46.9 Å². The third-order valence-corrected chi connectivity index (χ3v) is 6.09. The lowest BCUT2D eigenvalue weighted by atomic mass is 10.1. The lowest BCUT2D eigenvalue weighted by Crippen LogP contribution is -2.35. The van der Waals surface area contributed by atoms with E-state index < -0.39 is 0 Å². The van der Waals surface area contributed by atoms with E-state index >= 15 is 0 Å². The Morgan fingerprint density at radius 2 is 1.76 bits per heavy atom. The highest BCUT2D eigenvalue weighted by molar-refractivity contribution is 6.06. The summed E-state index contributed by atoms with van der Waals surface area (Å²) in [5.74, 6) is 1.45. The number of furan rings is 1. The maximum Gasteiger partial charge on any atom is 0.252 e. The van der Waals surface area contributed by atoms with Crippen molar-refractivity contribution in [1.29, 1.82) is 0 Å². The summed E-state index contributed by atoms with van der Waals surface area (Å²) in [5.41, 5.74) is 4.86. The van der Waals surface area contributed by atoms with Crippen LogP contribution in [-0.4, -0.2) is 51.9 Å². The fourth-order valence-electron chi connectivity index (χ4n) is 4.30. The van der Waals surface area contributed by atoms with Gasteiger partial charge in [0.05, 0.1) is 48.6 Å². The van der Waals surface area contributed by atoms with Crippen molar-refractivity contribution in [2.45, 2.75) is 33.9 Å². The molecule has 1 amide bonds. The molecule has 0 unspecified atom stereocenters. The van der Waals surface area contributed by atoms with Crippen LogP contribution in [0.1, 0.15) is 38.8 Å². The molecule has 8 heteroatoms. The first-order chi connectivity index (χ1) is 16.5. The second kappa shape index (κ2) is 9.40. The Morgan fingerprint density at radius 1 is 1.03 bits per heavy atom. The molecule has 1 aliphatic rings. The minimum Gasteiger partial charge on any atom is -0.463 e. The zero-order valence-corrected chi connectivity index (χ0v) is 19.8. The number of aromatic nitrogens is 3. The highest BCUT2D eigenvalue weighted by Crippen LogP contribution is 2.25. The van der Waals surface area contributed by atoms with Gasteiger partial charge in [-0.1, -0.05) is 17.7 Å². The fourth-order valence-corrected chi connectivity index (χ4v) is 4.30. The van der Waals surface area contributed by atoms with Gasteiger partial charge in [-0.15, -0.1) is 0 Å². The Labute approximate surface area is 198 Å². The van der Waals surface area contributed by atoms with Crippen molar-refractivity contribution >= 4 is 16.9 Å². The van der Waals surface area contributed by atoms with Crippen molar-refractivity contribution in [1.82, 2.24) is 25.0 Å². The number of carbonyl (C=O) groups excluding carboxylic acids is 1. The third-order valence-electron chi connectivity index (χ3n) is 6.09. The van der Waals surface area contributed by atoms with Crippen LogP contribution in [0.2, 0.25) is 0 Å². The van der Waals surface area contributed by atoms with Gasteiger partial charge in [-0.3, -0.25) is 9.69 Å². The molecule has 1 N–H and O–H groups in total. The quantitative estimate of drug-likeness (QED) is 0.473. The van der Waals surface area contributed by atoms with Crippen molar-refractivity contribution < 1.29 is 13.9 Å². The standard InChI is InChI=1S/C26H29N5O3/c1-17-4-6-20(7-5-17)31-25-24(19(3)29-31)23(14-18(2)28-25)26(32)27-15-21-8-9-22(34-21)16-30-10-12-33-13-11-30/h4-9,14H,10-13,15-16H2,1-3H3,(H,27,32). The van der Waals surface area contributed by atoms with Crippen molar-refractivity contribution in [2.75, 3.05) is 26.3 Å². The Bertz CT molecular complexity index is 1320. The minimum atomic E-state index is -0.173. The number of nitrogens with zero attached hydrogens (tertiary/aromatic N) is 4. The lowest BCUT2D eigenvalue weighted by Gasteiger charge is -2.25. The molecule has 0 spiro atoms. The van der Waals surface area contributed by atoms with Crippen molar-refractivity contribution in [2.24, 2.45) is 0 Å². The first kappa shape index (κ1) is 22.3. The first-order valence-corrected chi connectivity index (χ1v) is 11.6. The molecule has 8 nitrogen and oxygen atoms in total. The summed E-state index contributed by atoms with van der Waals surface area (Å²) < 4.78 is 13.2. The predicted octanol–water partition coefficient (Wildman–Crippen LogP) is 3.70. The molecule has 1 aromatic carbocycles. The first-order valence-electron chi connectivity index (χ1n) is 11.6. The molecule has 1 aliphatic heterocycles. The summed E-state index contributed by atoms with van der Waals surface area (Å²) in [6.45, 7) is 10.2. The van der Waals surface area contributed by atoms with Gasteiger partial charge in [0, 0.05) is 18.8 Å². The molecular weight excluding hydrogens is 430 g/mol. The van der Waals surface area contributed by atoms with Crippen LogP contribution in [0.5, 0.6) is 0 Å². The minimum absolute atomic E-state index is 0.173. The number of hydrogen-bond donors (Lipinski definition) is 1. The average Bonchev–Trinajstić information content (AvgIpc) is 3.42. The van der Waals surface area contributed by atoms with E-state index in [-0.39, 0.29) is 5.91 Å². The molecule has 1 saturated heterocycles. The van der Waals surface area contributed by atoms with E-state index in [0.29, 0.717) is 17.8 Å². The molecule has 0 bridgehead atoms. The van der Waals surface area contributed by atoms with Crippen molar-refractivity contribution in [3.8, 4) is 5.69 Å². The topological polar surface area (TPSA) is 85.4 Å². The number of hydrogen-bond acceptors (Lipinski definition) is 6. The Morgan fingerprint density at radius 3 is 2.53 bits per heavy atom. The van der Waals surface area contributed by atoms with E-state index in [2.05, 4.69) is 10.2 Å². The summed E-state index contributed by atoms with van der Waals surface area (Å²) in [4.78, 5) is 20.2.